The largest absolute Gasteiger partial charge is 0.506 e. The Morgan fingerprint density at radius 2 is 2.19 bits per heavy atom. The molecule has 1 aliphatic rings. The van der Waals surface area contributed by atoms with E-state index < -0.39 is 0 Å². The lowest BCUT2D eigenvalue weighted by Crippen LogP contribution is -2.38. The number of benzene rings is 1. The first-order valence-corrected chi connectivity index (χ1v) is 7.30. The minimum atomic E-state index is -0.0333. The van der Waals surface area contributed by atoms with Gasteiger partial charge in [-0.1, -0.05) is 6.07 Å². The maximum atomic E-state index is 12.2. The molecule has 0 radical (unpaired) electrons. The van der Waals surface area contributed by atoms with Crippen molar-refractivity contribution in [1.82, 2.24) is 4.90 Å². The predicted molar refractivity (Wildman–Crippen MR) is 80.9 cm³/mol. The fourth-order valence-corrected chi connectivity index (χ4v) is 2.61. The molecule has 5 heteroatoms. The number of phenols is 1. The van der Waals surface area contributed by atoms with Crippen LogP contribution >= 0.6 is 0 Å². The van der Waals surface area contributed by atoms with Gasteiger partial charge in [-0.15, -0.1) is 0 Å². The molecule has 1 aromatic carbocycles. The molecule has 1 saturated heterocycles. The number of carbonyl (C=O) groups excluding carboxylic acids is 1. The number of aryl methyl sites for hydroxylation is 1. The standard InChI is InChI=1S/C16H21N3O2/c1-12-3-4-14(15(20)11-12)18-16(21)13-5-9-19(10-6-13)8-2-7-17/h3-4,11,13,20H,2,5-6,8-10H2,1H3,(H,18,21). The Balaban J connectivity index is 1.86. The van der Waals surface area contributed by atoms with Gasteiger partial charge in [0.15, 0.2) is 0 Å². The number of amides is 1. The van der Waals surface area contributed by atoms with Crippen LogP contribution in [0.3, 0.4) is 0 Å². The minimum Gasteiger partial charge on any atom is -0.506 e. The lowest BCUT2D eigenvalue weighted by molar-refractivity contribution is -0.121. The number of likely N-dealkylation sites (tertiary alicyclic amines) is 1. The van der Waals surface area contributed by atoms with Crippen molar-refractivity contribution in [1.29, 1.82) is 5.26 Å². The zero-order valence-electron chi connectivity index (χ0n) is 12.3. The topological polar surface area (TPSA) is 76.4 Å². The van der Waals surface area contributed by atoms with Crippen LogP contribution in [-0.2, 0) is 4.79 Å². The van der Waals surface area contributed by atoms with Crippen LogP contribution in [0.4, 0.5) is 5.69 Å². The van der Waals surface area contributed by atoms with Gasteiger partial charge in [0.25, 0.3) is 0 Å². The van der Waals surface area contributed by atoms with Gasteiger partial charge in [-0.05, 0) is 50.6 Å². The van der Waals surface area contributed by atoms with E-state index in [1.807, 2.05) is 13.0 Å². The van der Waals surface area contributed by atoms with Gasteiger partial charge in [0.05, 0.1) is 11.8 Å². The van der Waals surface area contributed by atoms with Gasteiger partial charge in [0, 0.05) is 18.9 Å². The Hall–Kier alpha value is -2.06. The van der Waals surface area contributed by atoms with Crippen molar-refractivity contribution in [2.24, 2.45) is 5.92 Å². The van der Waals surface area contributed by atoms with Crippen LogP contribution < -0.4 is 5.32 Å². The third-order valence-corrected chi connectivity index (χ3v) is 3.91. The number of nitriles is 1. The number of anilines is 1. The molecule has 1 heterocycles. The summed E-state index contributed by atoms with van der Waals surface area (Å²) in [5, 5.41) is 21.2. The fraction of sp³-hybridized carbons (Fsp3) is 0.500. The molecule has 0 spiro atoms. The van der Waals surface area contributed by atoms with Crippen LogP contribution in [0.2, 0.25) is 0 Å². The molecule has 0 bridgehead atoms. The van der Waals surface area contributed by atoms with Crippen LogP contribution in [0, 0.1) is 24.2 Å². The molecule has 1 aromatic rings. The molecule has 1 amide bonds. The quantitative estimate of drug-likeness (QED) is 0.833. The van der Waals surface area contributed by atoms with Crippen LogP contribution in [-0.4, -0.2) is 35.5 Å². The molecule has 2 rings (SSSR count). The lowest BCUT2D eigenvalue weighted by atomic mass is 9.95. The fourth-order valence-electron chi connectivity index (χ4n) is 2.61. The zero-order chi connectivity index (χ0) is 15.2. The van der Waals surface area contributed by atoms with E-state index in [1.165, 1.54) is 0 Å². The minimum absolute atomic E-state index is 0.0240. The van der Waals surface area contributed by atoms with Gasteiger partial charge >= 0.3 is 0 Å². The maximum absolute atomic E-state index is 12.2. The molecule has 1 fully saturated rings. The van der Waals surface area contributed by atoms with Gasteiger partial charge < -0.3 is 15.3 Å². The monoisotopic (exact) mass is 287 g/mol. The van der Waals surface area contributed by atoms with E-state index in [4.69, 9.17) is 5.26 Å². The summed E-state index contributed by atoms with van der Waals surface area (Å²) >= 11 is 0. The third-order valence-electron chi connectivity index (χ3n) is 3.91. The smallest absolute Gasteiger partial charge is 0.227 e. The van der Waals surface area contributed by atoms with Crippen molar-refractivity contribution in [3.05, 3.63) is 23.8 Å². The Labute approximate surface area is 125 Å². The highest BCUT2D eigenvalue weighted by Gasteiger charge is 2.25. The van der Waals surface area contributed by atoms with Crippen molar-refractivity contribution in [3.63, 3.8) is 0 Å². The maximum Gasteiger partial charge on any atom is 0.227 e. The number of phenolic OH excluding ortho intramolecular Hbond substituents is 1. The predicted octanol–water partition coefficient (Wildman–Crippen LogP) is 2.26. The van der Waals surface area contributed by atoms with E-state index in [2.05, 4.69) is 16.3 Å². The van der Waals surface area contributed by atoms with E-state index in [-0.39, 0.29) is 17.6 Å². The van der Waals surface area contributed by atoms with Crippen molar-refractivity contribution in [3.8, 4) is 11.8 Å². The number of hydrogen-bond donors (Lipinski definition) is 2. The van der Waals surface area contributed by atoms with E-state index in [9.17, 15) is 9.90 Å². The summed E-state index contributed by atoms with van der Waals surface area (Å²) in [7, 11) is 0. The van der Waals surface area contributed by atoms with E-state index in [0.29, 0.717) is 12.1 Å². The molecule has 0 aromatic heterocycles. The number of aromatic hydroxyl groups is 1. The van der Waals surface area contributed by atoms with E-state index in [1.54, 1.807) is 12.1 Å². The van der Waals surface area contributed by atoms with Crippen LogP contribution in [0.25, 0.3) is 0 Å². The second-order valence-electron chi connectivity index (χ2n) is 5.53. The molecule has 5 nitrogen and oxygen atoms in total. The summed E-state index contributed by atoms with van der Waals surface area (Å²) in [5.41, 5.74) is 1.42. The number of hydrogen-bond acceptors (Lipinski definition) is 4. The normalized spacial score (nSPS) is 16.4. The number of nitrogens with zero attached hydrogens (tertiary/aromatic N) is 2. The molecule has 0 unspecified atom stereocenters. The molecule has 2 N–H and O–H groups in total. The molecular formula is C16H21N3O2. The molecule has 0 aliphatic carbocycles. The lowest BCUT2D eigenvalue weighted by Gasteiger charge is -2.30. The van der Waals surface area contributed by atoms with Crippen LogP contribution in [0.15, 0.2) is 18.2 Å². The second-order valence-corrected chi connectivity index (χ2v) is 5.53. The van der Waals surface area contributed by atoms with Gasteiger partial charge in [0.1, 0.15) is 5.75 Å². The van der Waals surface area contributed by atoms with Gasteiger partial charge in [-0.3, -0.25) is 4.79 Å². The number of rotatable bonds is 4. The van der Waals surface area contributed by atoms with Crippen LogP contribution in [0.1, 0.15) is 24.8 Å². The zero-order valence-corrected chi connectivity index (χ0v) is 12.3. The second kappa shape index (κ2) is 7.09. The summed E-state index contributed by atoms with van der Waals surface area (Å²) < 4.78 is 0. The molecule has 0 atom stereocenters. The first-order valence-electron chi connectivity index (χ1n) is 7.30. The van der Waals surface area contributed by atoms with Crippen molar-refractivity contribution in [2.75, 3.05) is 25.0 Å². The Kier molecular flexibility index (Phi) is 5.18. The van der Waals surface area contributed by atoms with Gasteiger partial charge in [-0.2, -0.15) is 5.26 Å². The third kappa shape index (κ3) is 4.20. The highest BCUT2D eigenvalue weighted by Crippen LogP contribution is 2.26. The SMILES string of the molecule is Cc1ccc(NC(=O)C2CCN(CCC#N)CC2)c(O)c1. The molecule has 0 saturated carbocycles. The first-order chi connectivity index (χ1) is 10.1. The van der Waals surface area contributed by atoms with Crippen molar-refractivity contribution < 1.29 is 9.90 Å². The Morgan fingerprint density at radius 1 is 1.48 bits per heavy atom. The molecular weight excluding hydrogens is 266 g/mol. The van der Waals surface area contributed by atoms with Crippen LogP contribution in [0.5, 0.6) is 5.75 Å². The molecule has 1 aliphatic heterocycles. The van der Waals surface area contributed by atoms with E-state index >= 15 is 0 Å². The van der Waals surface area contributed by atoms with Crippen molar-refractivity contribution in [2.45, 2.75) is 26.2 Å². The summed E-state index contributed by atoms with van der Waals surface area (Å²) in [4.78, 5) is 14.5. The molecule has 112 valence electrons. The highest BCUT2D eigenvalue weighted by molar-refractivity contribution is 5.94. The Bertz CT molecular complexity index is 543. The number of carbonyl (C=O) groups is 1. The average molecular weight is 287 g/mol. The number of nitrogens with one attached hydrogen (secondary N) is 1. The summed E-state index contributed by atoms with van der Waals surface area (Å²) in [6, 6.07) is 7.37. The van der Waals surface area contributed by atoms with E-state index in [0.717, 1.165) is 38.0 Å². The Morgan fingerprint density at radius 3 is 2.81 bits per heavy atom. The van der Waals surface area contributed by atoms with Crippen molar-refractivity contribution >= 4 is 11.6 Å². The summed E-state index contributed by atoms with van der Waals surface area (Å²) in [6.45, 7) is 4.37. The number of piperidine rings is 1. The molecule has 21 heavy (non-hydrogen) atoms. The first kappa shape index (κ1) is 15.3. The van der Waals surface area contributed by atoms with Gasteiger partial charge in [-0.25, -0.2) is 0 Å². The van der Waals surface area contributed by atoms with Gasteiger partial charge in [0.2, 0.25) is 5.91 Å². The average Bonchev–Trinajstić information content (AvgIpc) is 2.48. The summed E-state index contributed by atoms with van der Waals surface area (Å²) in [6.07, 6.45) is 2.13. The summed E-state index contributed by atoms with van der Waals surface area (Å²) in [5.74, 6) is 0.0490. The highest BCUT2D eigenvalue weighted by atomic mass is 16.3.